The summed E-state index contributed by atoms with van der Waals surface area (Å²) < 4.78 is 14.3. The lowest BCUT2D eigenvalue weighted by atomic mass is 9.73. The highest BCUT2D eigenvalue weighted by Gasteiger charge is 2.28. The fraction of sp³-hybridized carbons (Fsp3) is 0.160. The van der Waals surface area contributed by atoms with Gasteiger partial charge < -0.3 is 0 Å². The minimum atomic E-state index is -0.412. The van der Waals surface area contributed by atoms with Crippen LogP contribution in [0.15, 0.2) is 72.8 Å². The summed E-state index contributed by atoms with van der Waals surface area (Å²) in [7, 11) is 0. The molecule has 0 saturated heterocycles. The van der Waals surface area contributed by atoms with Gasteiger partial charge in [-0.15, -0.1) is 0 Å². The number of rotatable bonds is 4. The number of aromatic amines is 1. The first-order valence-corrected chi connectivity index (χ1v) is 10.3. The molecule has 2 nitrogen and oxygen atoms in total. The fourth-order valence-electron chi connectivity index (χ4n) is 4.15. The van der Waals surface area contributed by atoms with Crippen LogP contribution in [0.5, 0.6) is 0 Å². The van der Waals surface area contributed by atoms with Gasteiger partial charge in [-0.3, -0.25) is 5.10 Å². The minimum absolute atomic E-state index is 0.412. The fourth-order valence-corrected chi connectivity index (χ4v) is 4.38. The van der Waals surface area contributed by atoms with E-state index in [1.165, 1.54) is 17.6 Å². The van der Waals surface area contributed by atoms with Gasteiger partial charge in [-0.05, 0) is 59.2 Å². The molecule has 0 radical (unpaired) electrons. The lowest BCUT2D eigenvalue weighted by Crippen LogP contribution is -2.15. The number of H-pyrrole nitrogens is 1. The zero-order valence-corrected chi connectivity index (χ0v) is 16.6. The molecule has 1 aliphatic carbocycles. The Morgan fingerprint density at radius 3 is 2.41 bits per heavy atom. The molecule has 0 unspecified atom stereocenters. The predicted octanol–water partition coefficient (Wildman–Crippen LogP) is 7.11. The third-order valence-electron chi connectivity index (χ3n) is 5.81. The monoisotopic (exact) mass is 402 g/mol. The maximum atomic E-state index is 14.3. The number of fused-ring (bicyclic) bond motifs is 1. The van der Waals surface area contributed by atoms with Gasteiger partial charge >= 0.3 is 0 Å². The van der Waals surface area contributed by atoms with Crippen molar-refractivity contribution in [1.82, 2.24) is 10.2 Å². The molecule has 0 spiro atoms. The second-order valence-electron chi connectivity index (χ2n) is 7.53. The summed E-state index contributed by atoms with van der Waals surface area (Å²) in [4.78, 5) is 0. The largest absolute Gasteiger partial charge is 0.252 e. The molecule has 0 aliphatic heterocycles. The molecule has 1 fully saturated rings. The van der Waals surface area contributed by atoms with Crippen molar-refractivity contribution in [3.8, 4) is 0 Å². The zero-order valence-electron chi connectivity index (χ0n) is 15.8. The van der Waals surface area contributed by atoms with E-state index in [9.17, 15) is 4.39 Å². The number of halogens is 2. The van der Waals surface area contributed by atoms with E-state index in [1.54, 1.807) is 0 Å². The van der Waals surface area contributed by atoms with Crippen molar-refractivity contribution in [2.24, 2.45) is 5.92 Å². The second kappa shape index (κ2) is 7.49. The third-order valence-corrected chi connectivity index (χ3v) is 6.14. The molecule has 1 heterocycles. The summed E-state index contributed by atoms with van der Waals surface area (Å²) in [5, 5.41) is 7.66. The second-order valence-corrected chi connectivity index (χ2v) is 7.94. The summed E-state index contributed by atoms with van der Waals surface area (Å²) in [5.74, 6) is 0.0545. The van der Waals surface area contributed by atoms with Crippen molar-refractivity contribution in [2.45, 2.75) is 19.3 Å². The van der Waals surface area contributed by atoms with Crippen LogP contribution in [0.4, 0.5) is 4.39 Å². The Balaban J connectivity index is 1.84. The first kappa shape index (κ1) is 18.1. The molecular formula is C25H20ClFN2. The maximum absolute atomic E-state index is 14.3. The summed E-state index contributed by atoms with van der Waals surface area (Å²) >= 11 is 6.67. The summed E-state index contributed by atoms with van der Waals surface area (Å²) in [6, 6.07) is 24.1. The standard InChI is InChI=1S/C25H20ClFN2/c26-21-12-5-4-11-19(21)24(18-13-14-22-20(15-18)25(27)29-28-22)23(17-9-6-10-17)16-7-2-1-3-8-16/h1-5,7-8,11-15,17H,6,9-10H2,(H,28,29)/b24-23+. The number of aromatic nitrogens is 2. The van der Waals surface area contributed by atoms with Crippen LogP contribution < -0.4 is 0 Å². The van der Waals surface area contributed by atoms with Gasteiger partial charge in [-0.2, -0.15) is 9.49 Å². The molecular weight excluding hydrogens is 383 g/mol. The van der Waals surface area contributed by atoms with E-state index in [0.717, 1.165) is 29.5 Å². The van der Waals surface area contributed by atoms with Crippen LogP contribution in [0, 0.1) is 11.9 Å². The molecule has 0 amide bonds. The van der Waals surface area contributed by atoms with Crippen molar-refractivity contribution in [1.29, 1.82) is 0 Å². The highest BCUT2D eigenvalue weighted by Crippen LogP contribution is 2.46. The predicted molar refractivity (Wildman–Crippen MR) is 117 cm³/mol. The molecule has 3 aromatic carbocycles. The van der Waals surface area contributed by atoms with Crippen LogP contribution in [-0.2, 0) is 0 Å². The molecule has 144 valence electrons. The Morgan fingerprint density at radius 2 is 1.69 bits per heavy atom. The van der Waals surface area contributed by atoms with E-state index in [2.05, 4.69) is 40.5 Å². The van der Waals surface area contributed by atoms with Gasteiger partial charge in [0.15, 0.2) is 0 Å². The van der Waals surface area contributed by atoms with Crippen molar-refractivity contribution >= 4 is 33.7 Å². The van der Waals surface area contributed by atoms with Crippen LogP contribution >= 0.6 is 11.6 Å². The molecule has 1 aliphatic rings. The molecule has 0 atom stereocenters. The van der Waals surface area contributed by atoms with Crippen LogP contribution in [-0.4, -0.2) is 10.2 Å². The van der Waals surface area contributed by atoms with Crippen molar-refractivity contribution < 1.29 is 4.39 Å². The highest BCUT2D eigenvalue weighted by atomic mass is 35.5. The number of hydrogen-bond acceptors (Lipinski definition) is 1. The Kier molecular flexibility index (Phi) is 4.69. The first-order chi connectivity index (χ1) is 14.2. The van der Waals surface area contributed by atoms with E-state index in [1.807, 2.05) is 42.5 Å². The molecule has 4 aromatic rings. The van der Waals surface area contributed by atoms with Gasteiger partial charge in [0.1, 0.15) is 0 Å². The minimum Gasteiger partial charge on any atom is -0.252 e. The van der Waals surface area contributed by atoms with Crippen LogP contribution in [0.1, 0.15) is 36.0 Å². The molecule has 5 rings (SSSR count). The average Bonchev–Trinajstić information content (AvgIpc) is 3.08. The number of nitrogens with one attached hydrogen (secondary N) is 1. The van der Waals surface area contributed by atoms with E-state index >= 15 is 0 Å². The maximum Gasteiger partial charge on any atom is 0.216 e. The average molecular weight is 403 g/mol. The Labute approximate surface area is 174 Å². The molecule has 1 aromatic heterocycles. The van der Waals surface area contributed by atoms with Crippen LogP contribution in [0.25, 0.3) is 22.0 Å². The Morgan fingerprint density at radius 1 is 0.931 bits per heavy atom. The van der Waals surface area contributed by atoms with Gasteiger partial charge in [-0.25, -0.2) is 0 Å². The molecule has 1 saturated carbocycles. The number of allylic oxidation sites excluding steroid dienone is 1. The SMILES string of the molecule is Fc1[nH]nc2ccc(/C(=C(/c3ccccc3)C3CCC3)c3ccccc3Cl)cc12. The quantitative estimate of drug-likeness (QED) is 0.362. The number of hydrogen-bond donors (Lipinski definition) is 1. The summed E-state index contributed by atoms with van der Waals surface area (Å²) in [6.07, 6.45) is 3.53. The summed E-state index contributed by atoms with van der Waals surface area (Å²) in [6.45, 7) is 0. The lowest BCUT2D eigenvalue weighted by Gasteiger charge is -2.32. The van der Waals surface area contributed by atoms with Crippen molar-refractivity contribution in [2.75, 3.05) is 0 Å². The number of nitrogens with zero attached hydrogens (tertiary/aromatic N) is 1. The topological polar surface area (TPSA) is 28.7 Å². The lowest BCUT2D eigenvalue weighted by molar-refractivity contribution is 0.401. The highest BCUT2D eigenvalue weighted by molar-refractivity contribution is 6.33. The number of benzene rings is 3. The van der Waals surface area contributed by atoms with E-state index in [0.29, 0.717) is 21.8 Å². The normalized spacial score (nSPS) is 15.2. The van der Waals surface area contributed by atoms with E-state index < -0.39 is 5.95 Å². The van der Waals surface area contributed by atoms with Crippen molar-refractivity contribution in [3.05, 3.63) is 100 Å². The smallest absolute Gasteiger partial charge is 0.216 e. The van der Waals surface area contributed by atoms with Crippen LogP contribution in [0.3, 0.4) is 0 Å². The molecule has 29 heavy (non-hydrogen) atoms. The van der Waals surface area contributed by atoms with Gasteiger partial charge in [0.2, 0.25) is 5.95 Å². The van der Waals surface area contributed by atoms with E-state index in [-0.39, 0.29) is 0 Å². The van der Waals surface area contributed by atoms with Gasteiger partial charge in [-0.1, -0.05) is 72.6 Å². The zero-order chi connectivity index (χ0) is 19.8. The van der Waals surface area contributed by atoms with Crippen LogP contribution in [0.2, 0.25) is 5.02 Å². The Hall–Kier alpha value is -2.91. The van der Waals surface area contributed by atoms with E-state index in [4.69, 9.17) is 11.6 Å². The van der Waals surface area contributed by atoms with Crippen molar-refractivity contribution in [3.63, 3.8) is 0 Å². The van der Waals surface area contributed by atoms with Gasteiger partial charge in [0.05, 0.1) is 10.9 Å². The third kappa shape index (κ3) is 3.26. The molecule has 1 N–H and O–H groups in total. The Bertz CT molecular complexity index is 1210. The van der Waals surface area contributed by atoms with Gasteiger partial charge in [0, 0.05) is 10.6 Å². The van der Waals surface area contributed by atoms with Gasteiger partial charge in [0.25, 0.3) is 0 Å². The molecule has 0 bridgehead atoms. The molecule has 4 heteroatoms. The summed E-state index contributed by atoms with van der Waals surface area (Å²) in [5.41, 5.74) is 6.11. The first-order valence-electron chi connectivity index (χ1n) is 9.91.